The van der Waals surface area contributed by atoms with E-state index in [1.807, 2.05) is 13.8 Å². The van der Waals surface area contributed by atoms with Crippen LogP contribution in [0.25, 0.3) is 0 Å². The van der Waals surface area contributed by atoms with E-state index >= 15 is 0 Å². The van der Waals surface area contributed by atoms with Crippen LogP contribution in [-0.2, 0) is 16.6 Å². The SMILES string of the molecule is Cc1nc(COc2c(Cl)cc(S(N)(=O)=O)cc2Cl)sc1C. The molecule has 0 aliphatic heterocycles. The second kappa shape index (κ2) is 6.10. The molecule has 2 N–H and O–H groups in total. The van der Waals surface area contributed by atoms with E-state index in [4.69, 9.17) is 33.1 Å². The van der Waals surface area contributed by atoms with Crippen LogP contribution in [0.4, 0.5) is 0 Å². The summed E-state index contributed by atoms with van der Waals surface area (Å²) in [6, 6.07) is 2.41. The van der Waals surface area contributed by atoms with Gasteiger partial charge in [0.15, 0.2) is 5.75 Å². The number of primary sulfonamides is 1. The van der Waals surface area contributed by atoms with Crippen molar-refractivity contribution in [2.45, 2.75) is 25.3 Å². The molecule has 0 amide bonds. The molecule has 0 radical (unpaired) electrons. The van der Waals surface area contributed by atoms with E-state index < -0.39 is 10.0 Å². The summed E-state index contributed by atoms with van der Waals surface area (Å²) in [6.07, 6.45) is 0. The first-order valence-electron chi connectivity index (χ1n) is 5.76. The molecule has 0 atom stereocenters. The van der Waals surface area contributed by atoms with Gasteiger partial charge in [-0.1, -0.05) is 23.2 Å². The Morgan fingerprint density at radius 2 is 1.86 bits per heavy atom. The van der Waals surface area contributed by atoms with Crippen LogP contribution < -0.4 is 9.88 Å². The topological polar surface area (TPSA) is 82.3 Å². The quantitative estimate of drug-likeness (QED) is 0.899. The van der Waals surface area contributed by atoms with Crippen molar-refractivity contribution in [1.82, 2.24) is 4.98 Å². The smallest absolute Gasteiger partial charge is 0.238 e. The minimum atomic E-state index is -3.87. The summed E-state index contributed by atoms with van der Waals surface area (Å²) in [4.78, 5) is 5.28. The largest absolute Gasteiger partial charge is 0.483 e. The van der Waals surface area contributed by atoms with E-state index in [9.17, 15) is 8.42 Å². The maximum Gasteiger partial charge on any atom is 0.238 e. The highest BCUT2D eigenvalue weighted by molar-refractivity contribution is 7.89. The lowest BCUT2D eigenvalue weighted by Crippen LogP contribution is -2.12. The molecular formula is C12H12Cl2N2O3S2. The van der Waals surface area contributed by atoms with Gasteiger partial charge in [0.25, 0.3) is 0 Å². The Morgan fingerprint density at radius 1 is 1.29 bits per heavy atom. The van der Waals surface area contributed by atoms with Crippen LogP contribution in [0, 0.1) is 13.8 Å². The van der Waals surface area contributed by atoms with E-state index in [0.29, 0.717) is 0 Å². The van der Waals surface area contributed by atoms with Crippen LogP contribution >= 0.6 is 34.5 Å². The number of halogens is 2. The summed E-state index contributed by atoms with van der Waals surface area (Å²) in [5.41, 5.74) is 0.945. The van der Waals surface area contributed by atoms with E-state index in [-0.39, 0.29) is 27.3 Å². The Labute approximate surface area is 136 Å². The number of ether oxygens (including phenoxy) is 1. The molecular weight excluding hydrogens is 355 g/mol. The highest BCUT2D eigenvalue weighted by Gasteiger charge is 2.16. The lowest BCUT2D eigenvalue weighted by molar-refractivity contribution is 0.305. The molecule has 1 aromatic carbocycles. The standard InChI is InChI=1S/C12H12Cl2N2O3S2/c1-6-7(2)20-11(16-6)5-19-12-9(13)3-8(4-10(12)14)21(15,17)18/h3-4H,5H2,1-2H3,(H2,15,17,18). The average molecular weight is 367 g/mol. The Hall–Kier alpha value is -0.860. The number of hydrogen-bond acceptors (Lipinski definition) is 5. The lowest BCUT2D eigenvalue weighted by atomic mass is 10.3. The van der Waals surface area contributed by atoms with Gasteiger partial charge in [-0.3, -0.25) is 0 Å². The van der Waals surface area contributed by atoms with Gasteiger partial charge in [-0.15, -0.1) is 11.3 Å². The number of sulfonamides is 1. The molecule has 0 saturated heterocycles. The Morgan fingerprint density at radius 3 is 2.29 bits per heavy atom. The second-order valence-electron chi connectivity index (χ2n) is 4.30. The van der Waals surface area contributed by atoms with E-state index in [1.54, 1.807) is 0 Å². The van der Waals surface area contributed by atoms with Crippen LogP contribution in [0.2, 0.25) is 10.0 Å². The summed E-state index contributed by atoms with van der Waals surface area (Å²) < 4.78 is 28.1. The zero-order chi connectivity index (χ0) is 15.8. The van der Waals surface area contributed by atoms with Gasteiger partial charge in [-0.25, -0.2) is 18.5 Å². The second-order valence-corrected chi connectivity index (χ2v) is 7.96. The summed E-state index contributed by atoms with van der Waals surface area (Å²) in [5.74, 6) is 0.205. The molecule has 1 heterocycles. The van der Waals surface area contributed by atoms with Crippen LogP contribution in [0.1, 0.15) is 15.6 Å². The third-order valence-corrected chi connectivity index (χ3v) is 5.21. The fourth-order valence-electron chi connectivity index (χ4n) is 1.57. The first-order valence-corrected chi connectivity index (χ1v) is 8.88. The zero-order valence-electron chi connectivity index (χ0n) is 11.2. The Kier molecular flexibility index (Phi) is 4.79. The van der Waals surface area contributed by atoms with Gasteiger partial charge in [-0.05, 0) is 26.0 Å². The number of aryl methyl sites for hydroxylation is 2. The molecule has 0 aliphatic rings. The minimum absolute atomic E-state index is 0.0801. The molecule has 9 heteroatoms. The molecule has 1 aromatic heterocycles. The fraction of sp³-hybridized carbons (Fsp3) is 0.250. The minimum Gasteiger partial charge on any atom is -0.483 e. The number of nitrogens with two attached hydrogens (primary N) is 1. The van der Waals surface area contributed by atoms with Crippen molar-refractivity contribution in [3.05, 3.63) is 37.8 Å². The lowest BCUT2D eigenvalue weighted by Gasteiger charge is -2.10. The average Bonchev–Trinajstić information content (AvgIpc) is 2.66. The molecule has 0 unspecified atom stereocenters. The van der Waals surface area contributed by atoms with Crippen LogP contribution in [0.5, 0.6) is 5.75 Å². The molecule has 0 fully saturated rings. The maximum absolute atomic E-state index is 11.3. The summed E-state index contributed by atoms with van der Waals surface area (Å²) >= 11 is 13.5. The fourth-order valence-corrected chi connectivity index (χ4v) is 3.71. The van der Waals surface area contributed by atoms with Gasteiger partial charge in [0.2, 0.25) is 10.0 Å². The molecule has 114 valence electrons. The van der Waals surface area contributed by atoms with Crippen LogP contribution in [0.3, 0.4) is 0 Å². The van der Waals surface area contributed by atoms with E-state index in [1.165, 1.54) is 23.5 Å². The number of benzene rings is 1. The first kappa shape index (κ1) is 16.5. The third-order valence-electron chi connectivity index (χ3n) is 2.71. The summed E-state index contributed by atoms with van der Waals surface area (Å²) in [7, 11) is -3.87. The highest BCUT2D eigenvalue weighted by atomic mass is 35.5. The molecule has 21 heavy (non-hydrogen) atoms. The molecule has 0 aliphatic carbocycles. The number of hydrogen-bond donors (Lipinski definition) is 1. The van der Waals surface area contributed by atoms with Crippen molar-refractivity contribution in [3.8, 4) is 5.75 Å². The van der Waals surface area contributed by atoms with Gasteiger partial charge in [0.05, 0.1) is 20.6 Å². The van der Waals surface area contributed by atoms with Gasteiger partial charge >= 0.3 is 0 Å². The first-order chi connectivity index (χ1) is 9.68. The Bertz CT molecular complexity index is 745. The number of thiazole rings is 1. The molecule has 0 bridgehead atoms. The highest BCUT2D eigenvalue weighted by Crippen LogP contribution is 2.36. The Balaban J connectivity index is 2.25. The summed E-state index contributed by atoms with van der Waals surface area (Å²) in [5, 5.41) is 5.98. The summed E-state index contributed by atoms with van der Waals surface area (Å²) in [6.45, 7) is 4.08. The van der Waals surface area contributed by atoms with Crippen LogP contribution in [0.15, 0.2) is 17.0 Å². The number of rotatable bonds is 4. The zero-order valence-corrected chi connectivity index (χ0v) is 14.3. The number of aromatic nitrogens is 1. The van der Waals surface area contributed by atoms with Crippen molar-refractivity contribution < 1.29 is 13.2 Å². The molecule has 5 nitrogen and oxygen atoms in total. The van der Waals surface area contributed by atoms with Crippen molar-refractivity contribution in [1.29, 1.82) is 0 Å². The van der Waals surface area contributed by atoms with Gasteiger partial charge in [-0.2, -0.15) is 0 Å². The molecule has 2 aromatic rings. The van der Waals surface area contributed by atoms with Gasteiger partial charge in [0.1, 0.15) is 11.6 Å². The molecule has 0 saturated carbocycles. The predicted octanol–water partition coefficient (Wildman–Crippen LogP) is 3.29. The van der Waals surface area contributed by atoms with E-state index in [0.717, 1.165) is 15.6 Å². The number of nitrogens with zero attached hydrogens (tertiary/aromatic N) is 1. The maximum atomic E-state index is 11.3. The van der Waals surface area contributed by atoms with Crippen molar-refractivity contribution in [3.63, 3.8) is 0 Å². The normalized spacial score (nSPS) is 11.7. The van der Waals surface area contributed by atoms with Crippen LogP contribution in [-0.4, -0.2) is 13.4 Å². The van der Waals surface area contributed by atoms with Crippen molar-refractivity contribution >= 4 is 44.6 Å². The predicted molar refractivity (Wildman–Crippen MR) is 83.8 cm³/mol. The molecule has 0 spiro atoms. The monoisotopic (exact) mass is 366 g/mol. The van der Waals surface area contributed by atoms with Crippen molar-refractivity contribution in [2.24, 2.45) is 5.14 Å². The van der Waals surface area contributed by atoms with Crippen molar-refractivity contribution in [2.75, 3.05) is 0 Å². The third kappa shape index (κ3) is 3.87. The van der Waals surface area contributed by atoms with Gasteiger partial charge < -0.3 is 4.74 Å². The van der Waals surface area contributed by atoms with E-state index in [2.05, 4.69) is 4.98 Å². The van der Waals surface area contributed by atoms with Gasteiger partial charge in [0, 0.05) is 4.88 Å². The molecule has 2 rings (SSSR count).